The highest BCUT2D eigenvalue weighted by Gasteiger charge is 2.21. The molecule has 0 bridgehead atoms. The number of anilines is 1. The van der Waals surface area contributed by atoms with Gasteiger partial charge in [0.25, 0.3) is 0 Å². The normalized spacial score (nSPS) is 11.2. The molecule has 0 unspecified atom stereocenters. The standard InChI is InChI=1S/C21H24N4O5S/c1-14-8-9-17(10-15(14)2)25(31(4,27)28)13-19(26)22-12-20-23-21(24-30-20)16-6-5-7-18(11-16)29-3/h5-11H,12-13H2,1-4H3,(H,22,26). The van der Waals surface area contributed by atoms with Gasteiger partial charge in [-0.3, -0.25) is 9.10 Å². The van der Waals surface area contributed by atoms with E-state index >= 15 is 0 Å². The molecule has 0 saturated carbocycles. The molecule has 0 radical (unpaired) electrons. The molecule has 0 aliphatic rings. The van der Waals surface area contributed by atoms with Gasteiger partial charge in [0.1, 0.15) is 12.3 Å². The summed E-state index contributed by atoms with van der Waals surface area (Å²) in [5.74, 6) is 0.716. The van der Waals surface area contributed by atoms with Crippen molar-refractivity contribution < 1.29 is 22.5 Å². The van der Waals surface area contributed by atoms with Crippen molar-refractivity contribution in [2.24, 2.45) is 0 Å². The molecule has 0 aliphatic carbocycles. The maximum Gasteiger partial charge on any atom is 0.246 e. The van der Waals surface area contributed by atoms with Crippen LogP contribution in [0, 0.1) is 13.8 Å². The number of methoxy groups -OCH3 is 1. The number of hydrogen-bond donors (Lipinski definition) is 1. The molecule has 3 aromatic rings. The van der Waals surface area contributed by atoms with Crippen molar-refractivity contribution in [2.75, 3.05) is 24.2 Å². The number of rotatable bonds is 8. The first kappa shape index (κ1) is 22.3. The summed E-state index contributed by atoms with van der Waals surface area (Å²) in [6.45, 7) is 3.42. The molecule has 1 aromatic heterocycles. The fourth-order valence-electron chi connectivity index (χ4n) is 2.85. The van der Waals surface area contributed by atoms with E-state index < -0.39 is 15.9 Å². The Bertz CT molecular complexity index is 1190. The lowest BCUT2D eigenvalue weighted by molar-refractivity contribution is -0.119. The Morgan fingerprint density at radius 2 is 1.94 bits per heavy atom. The van der Waals surface area contributed by atoms with Crippen molar-refractivity contribution in [1.29, 1.82) is 0 Å². The predicted molar refractivity (Wildman–Crippen MR) is 116 cm³/mol. The largest absolute Gasteiger partial charge is 0.497 e. The summed E-state index contributed by atoms with van der Waals surface area (Å²) < 4.78 is 35.9. The highest BCUT2D eigenvalue weighted by Crippen LogP contribution is 2.22. The summed E-state index contributed by atoms with van der Waals surface area (Å²) in [7, 11) is -2.09. The van der Waals surface area contributed by atoms with Crippen molar-refractivity contribution in [3.05, 3.63) is 59.5 Å². The van der Waals surface area contributed by atoms with Crippen LogP contribution in [0.1, 0.15) is 17.0 Å². The van der Waals surface area contributed by atoms with Crippen molar-refractivity contribution in [3.63, 3.8) is 0 Å². The molecule has 0 atom stereocenters. The fourth-order valence-corrected chi connectivity index (χ4v) is 3.70. The molecule has 0 saturated heterocycles. The van der Waals surface area contributed by atoms with Gasteiger partial charge in [0.15, 0.2) is 0 Å². The smallest absolute Gasteiger partial charge is 0.246 e. The van der Waals surface area contributed by atoms with E-state index in [1.54, 1.807) is 37.4 Å². The molecule has 1 amide bonds. The number of sulfonamides is 1. The van der Waals surface area contributed by atoms with E-state index in [1.165, 1.54) is 0 Å². The van der Waals surface area contributed by atoms with Crippen LogP contribution in [0.5, 0.6) is 5.75 Å². The monoisotopic (exact) mass is 444 g/mol. The molecular formula is C21H24N4O5S. The fraction of sp³-hybridized carbons (Fsp3) is 0.286. The van der Waals surface area contributed by atoms with Crippen LogP contribution < -0.4 is 14.4 Å². The summed E-state index contributed by atoms with van der Waals surface area (Å²) >= 11 is 0. The molecule has 1 heterocycles. The van der Waals surface area contributed by atoms with Gasteiger partial charge in [0, 0.05) is 5.56 Å². The van der Waals surface area contributed by atoms with Crippen LogP contribution in [0.25, 0.3) is 11.4 Å². The molecule has 1 N–H and O–H groups in total. The van der Waals surface area contributed by atoms with Gasteiger partial charge in [0.2, 0.25) is 27.6 Å². The van der Waals surface area contributed by atoms with Gasteiger partial charge in [-0.1, -0.05) is 23.4 Å². The van der Waals surface area contributed by atoms with Crippen molar-refractivity contribution in [2.45, 2.75) is 20.4 Å². The molecule has 0 aliphatic heterocycles. The lowest BCUT2D eigenvalue weighted by Crippen LogP contribution is -2.40. The van der Waals surface area contributed by atoms with Gasteiger partial charge in [0.05, 0.1) is 25.6 Å². The number of nitrogens with zero attached hydrogens (tertiary/aromatic N) is 3. The van der Waals surface area contributed by atoms with Crippen molar-refractivity contribution >= 4 is 21.6 Å². The highest BCUT2D eigenvalue weighted by atomic mass is 32.2. The topological polar surface area (TPSA) is 115 Å². The van der Waals surface area contributed by atoms with E-state index in [2.05, 4.69) is 15.5 Å². The van der Waals surface area contributed by atoms with Crippen LogP contribution >= 0.6 is 0 Å². The van der Waals surface area contributed by atoms with E-state index in [1.807, 2.05) is 26.0 Å². The molecule has 3 rings (SSSR count). The van der Waals surface area contributed by atoms with Gasteiger partial charge in [-0.25, -0.2) is 8.42 Å². The van der Waals surface area contributed by atoms with Crippen molar-refractivity contribution in [1.82, 2.24) is 15.5 Å². The lowest BCUT2D eigenvalue weighted by Gasteiger charge is -2.22. The molecule has 2 aromatic carbocycles. The van der Waals surface area contributed by atoms with E-state index in [9.17, 15) is 13.2 Å². The van der Waals surface area contributed by atoms with Gasteiger partial charge < -0.3 is 14.6 Å². The van der Waals surface area contributed by atoms with E-state index in [0.717, 1.165) is 21.7 Å². The summed E-state index contributed by atoms with van der Waals surface area (Å²) in [4.78, 5) is 16.7. The van der Waals surface area contributed by atoms with Crippen LogP contribution in [0.3, 0.4) is 0 Å². The van der Waals surface area contributed by atoms with Gasteiger partial charge in [-0.15, -0.1) is 0 Å². The van der Waals surface area contributed by atoms with Crippen LogP contribution in [0.4, 0.5) is 5.69 Å². The zero-order chi connectivity index (χ0) is 22.6. The Balaban J connectivity index is 1.67. The van der Waals surface area contributed by atoms with Gasteiger partial charge >= 0.3 is 0 Å². The Morgan fingerprint density at radius 1 is 1.16 bits per heavy atom. The second kappa shape index (κ2) is 9.17. The Morgan fingerprint density at radius 3 is 2.61 bits per heavy atom. The number of ether oxygens (including phenoxy) is 1. The zero-order valence-corrected chi connectivity index (χ0v) is 18.6. The van der Waals surface area contributed by atoms with Gasteiger partial charge in [-0.05, 0) is 49.2 Å². The first-order chi connectivity index (χ1) is 14.7. The minimum absolute atomic E-state index is 0.0275. The molecule has 0 spiro atoms. The maximum absolute atomic E-state index is 12.4. The van der Waals surface area contributed by atoms with Crippen LogP contribution in [-0.4, -0.2) is 44.4 Å². The minimum Gasteiger partial charge on any atom is -0.497 e. The summed E-state index contributed by atoms with van der Waals surface area (Å²) in [5.41, 5.74) is 3.10. The number of aromatic nitrogens is 2. The quantitative estimate of drug-likeness (QED) is 0.567. The second-order valence-corrected chi connectivity index (χ2v) is 8.97. The van der Waals surface area contributed by atoms with Crippen LogP contribution in [0.15, 0.2) is 47.0 Å². The molecular weight excluding hydrogens is 420 g/mol. The maximum atomic E-state index is 12.4. The third kappa shape index (κ3) is 5.60. The first-order valence-electron chi connectivity index (χ1n) is 9.46. The first-order valence-corrected chi connectivity index (χ1v) is 11.3. The molecule has 9 nitrogen and oxygen atoms in total. The number of amides is 1. The third-order valence-corrected chi connectivity index (χ3v) is 5.84. The number of hydrogen-bond acceptors (Lipinski definition) is 7. The molecule has 164 valence electrons. The number of carbonyl (C=O) groups excluding carboxylic acids is 1. The number of aryl methyl sites for hydroxylation is 2. The highest BCUT2D eigenvalue weighted by molar-refractivity contribution is 7.92. The Labute approximate surface area is 181 Å². The average molecular weight is 445 g/mol. The SMILES string of the molecule is COc1cccc(-c2noc(CNC(=O)CN(c3ccc(C)c(C)c3)S(C)(=O)=O)n2)c1. The van der Waals surface area contributed by atoms with Crippen molar-refractivity contribution in [3.8, 4) is 17.1 Å². The van der Waals surface area contributed by atoms with Crippen LogP contribution in [-0.2, 0) is 21.4 Å². The molecule has 31 heavy (non-hydrogen) atoms. The average Bonchev–Trinajstić information content (AvgIpc) is 3.21. The minimum atomic E-state index is -3.65. The Kier molecular flexibility index (Phi) is 6.59. The summed E-state index contributed by atoms with van der Waals surface area (Å²) in [6.07, 6.45) is 1.06. The summed E-state index contributed by atoms with van der Waals surface area (Å²) in [5, 5.41) is 6.52. The number of benzene rings is 2. The molecule has 10 heteroatoms. The predicted octanol–water partition coefficient (Wildman–Crippen LogP) is 2.44. The molecule has 0 fully saturated rings. The Hall–Kier alpha value is -3.40. The summed E-state index contributed by atoms with van der Waals surface area (Å²) in [6, 6.07) is 12.4. The van der Waals surface area contributed by atoms with E-state index in [4.69, 9.17) is 9.26 Å². The van der Waals surface area contributed by atoms with E-state index in [0.29, 0.717) is 22.8 Å². The van der Waals surface area contributed by atoms with E-state index in [-0.39, 0.29) is 19.0 Å². The number of nitrogens with one attached hydrogen (secondary N) is 1. The lowest BCUT2D eigenvalue weighted by atomic mass is 10.1. The van der Waals surface area contributed by atoms with Gasteiger partial charge in [-0.2, -0.15) is 4.98 Å². The zero-order valence-electron chi connectivity index (χ0n) is 17.7. The van der Waals surface area contributed by atoms with Crippen LogP contribution in [0.2, 0.25) is 0 Å². The number of carbonyl (C=O) groups is 1. The second-order valence-electron chi connectivity index (χ2n) is 7.06. The third-order valence-electron chi connectivity index (χ3n) is 4.70.